The summed E-state index contributed by atoms with van der Waals surface area (Å²) in [6.07, 6.45) is 0. The maximum Gasteiger partial charge on any atom is 0.143 e. The summed E-state index contributed by atoms with van der Waals surface area (Å²) in [6.45, 7) is 19.2. The fourth-order valence-corrected chi connectivity index (χ4v) is 15.9. The van der Waals surface area contributed by atoms with E-state index < -0.39 is 0 Å². The molecule has 0 saturated heterocycles. The van der Waals surface area contributed by atoms with Gasteiger partial charge in [0, 0.05) is 81.4 Å². The second-order valence-corrected chi connectivity index (χ2v) is 24.6. The first-order chi connectivity index (χ1) is 36.7. The zero-order chi connectivity index (χ0) is 50.8. The molecule has 0 aliphatic heterocycles. The zero-order valence-corrected chi connectivity index (χ0v) is 43.6. The van der Waals surface area contributed by atoms with E-state index in [1.54, 1.807) is 0 Å². The third kappa shape index (κ3) is 4.62. The lowest BCUT2D eigenvalue weighted by atomic mass is 9.72. The van der Waals surface area contributed by atoms with E-state index in [4.69, 9.17) is 17.7 Å². The van der Waals surface area contributed by atoms with Crippen LogP contribution in [-0.4, -0.2) is 0 Å². The number of para-hydroxylation sites is 3. The van der Waals surface area contributed by atoms with Crippen molar-refractivity contribution in [2.24, 2.45) is 0 Å². The molecule has 0 spiro atoms. The van der Waals surface area contributed by atoms with E-state index >= 15 is 0 Å². The van der Waals surface area contributed by atoms with Crippen LogP contribution in [0.2, 0.25) is 0 Å². The monoisotopic (exact) mass is 978 g/mol. The molecule has 4 aliphatic rings. The number of furan rings is 4. The van der Waals surface area contributed by atoms with Crippen molar-refractivity contribution in [1.29, 1.82) is 0 Å². The number of rotatable bonds is 1. The Morgan fingerprint density at radius 2 is 0.711 bits per heavy atom. The van der Waals surface area contributed by atoms with Crippen LogP contribution in [0.3, 0.4) is 0 Å². The van der Waals surface area contributed by atoms with Gasteiger partial charge in [-0.15, -0.1) is 0 Å². The third-order valence-electron chi connectivity index (χ3n) is 19.4. The van der Waals surface area contributed by atoms with Gasteiger partial charge in [0.2, 0.25) is 0 Å². The second kappa shape index (κ2) is 13.1. The molecule has 10 aromatic carbocycles. The van der Waals surface area contributed by atoms with Gasteiger partial charge in [-0.1, -0.05) is 165 Å². The minimum absolute atomic E-state index is 0.228. The summed E-state index contributed by atoms with van der Waals surface area (Å²) in [7, 11) is 0. The quantitative estimate of drug-likeness (QED) is 0.164. The van der Waals surface area contributed by atoms with E-state index in [0.29, 0.717) is 0 Å². The largest absolute Gasteiger partial charge is 0.456 e. The SMILES string of the molecule is CC1(C)c2cc3c(cc2-c2c1ccc1oc4ccccc4c21)C(C)(C)c1cc(-c2cccc4oc5c6c(ccc5c24)C(C)(C)c2c-6ccc4c2C(C)(C)c2ccc5c(oc6ccccc65)c2-4)c2oc4ccccc4c2c1-3. The summed E-state index contributed by atoms with van der Waals surface area (Å²) in [5, 5.41) is 9.23. The highest BCUT2D eigenvalue weighted by atomic mass is 16.3. The van der Waals surface area contributed by atoms with Crippen molar-refractivity contribution in [3.8, 4) is 55.6 Å². The summed E-state index contributed by atoms with van der Waals surface area (Å²) in [6, 6.07) is 58.2. The third-order valence-corrected chi connectivity index (χ3v) is 19.4. The van der Waals surface area contributed by atoms with Gasteiger partial charge < -0.3 is 17.7 Å². The predicted octanol–water partition coefficient (Wildman–Crippen LogP) is 20.2. The van der Waals surface area contributed by atoms with Crippen molar-refractivity contribution < 1.29 is 17.7 Å². The van der Waals surface area contributed by atoms with Crippen molar-refractivity contribution in [3.05, 3.63) is 202 Å². The average molecular weight is 979 g/mol. The Morgan fingerprint density at radius 1 is 0.250 bits per heavy atom. The van der Waals surface area contributed by atoms with Gasteiger partial charge in [0.05, 0.1) is 0 Å². The van der Waals surface area contributed by atoms with Crippen LogP contribution >= 0.6 is 0 Å². The molecule has 0 amide bonds. The highest BCUT2D eigenvalue weighted by Gasteiger charge is 2.49. The molecule has 4 aromatic heterocycles. The summed E-state index contributed by atoms with van der Waals surface area (Å²) >= 11 is 0. The molecule has 0 bridgehead atoms. The van der Waals surface area contributed by atoms with Crippen molar-refractivity contribution in [3.63, 3.8) is 0 Å². The molecule has 14 aromatic rings. The molecule has 76 heavy (non-hydrogen) atoms. The van der Waals surface area contributed by atoms with Gasteiger partial charge >= 0.3 is 0 Å². The summed E-state index contributed by atoms with van der Waals surface area (Å²) < 4.78 is 27.7. The Morgan fingerprint density at radius 3 is 1.38 bits per heavy atom. The van der Waals surface area contributed by atoms with Gasteiger partial charge in [0.25, 0.3) is 0 Å². The standard InChI is InChI=1S/C72H50O4/c1-69(2)46-30-31-56-62(38-17-10-13-21-53(38)73-56)58(46)44-33-50-45(34-49(44)69)59-51(70(50,3)4)32-43(68-63(59)39-18-11-14-22-54(39)75-68)36-19-15-23-55-57(36)42-27-29-48-61(67(42)76-55)41-25-24-40-60-47(71(5,6)64(40)65(41)72(48,7)8)28-26-37-35-16-9-12-20-52(35)74-66(37)60/h9-34H,1-8H3. The molecule has 4 heterocycles. The number of benzene rings is 10. The van der Waals surface area contributed by atoms with Crippen LogP contribution in [0.25, 0.3) is 143 Å². The summed E-state index contributed by atoms with van der Waals surface area (Å²) in [4.78, 5) is 0. The Balaban J connectivity index is 0.861. The molecule has 0 radical (unpaired) electrons. The summed E-state index contributed by atoms with van der Waals surface area (Å²) in [5.41, 5.74) is 29.3. The smallest absolute Gasteiger partial charge is 0.143 e. The first-order valence-electron chi connectivity index (χ1n) is 27.0. The Bertz CT molecular complexity index is 5110. The van der Waals surface area contributed by atoms with E-state index in [1.165, 1.54) is 111 Å². The van der Waals surface area contributed by atoms with E-state index in [-0.39, 0.29) is 21.7 Å². The van der Waals surface area contributed by atoms with Crippen LogP contribution in [0.1, 0.15) is 99.9 Å². The molecular formula is C72H50O4. The van der Waals surface area contributed by atoms with Crippen LogP contribution in [0, 0.1) is 0 Å². The van der Waals surface area contributed by atoms with Crippen molar-refractivity contribution in [2.45, 2.75) is 77.0 Å². The Kier molecular flexibility index (Phi) is 7.18. The lowest BCUT2D eigenvalue weighted by Gasteiger charge is -2.30. The highest BCUT2D eigenvalue weighted by Crippen LogP contribution is 2.64. The highest BCUT2D eigenvalue weighted by molar-refractivity contribution is 6.24. The van der Waals surface area contributed by atoms with Crippen molar-refractivity contribution in [2.75, 3.05) is 0 Å². The van der Waals surface area contributed by atoms with Gasteiger partial charge in [-0.2, -0.15) is 0 Å². The minimum Gasteiger partial charge on any atom is -0.456 e. The van der Waals surface area contributed by atoms with E-state index in [0.717, 1.165) is 77.3 Å². The van der Waals surface area contributed by atoms with Gasteiger partial charge in [-0.05, 0) is 132 Å². The predicted molar refractivity (Wildman–Crippen MR) is 311 cm³/mol. The number of fused-ring (bicyclic) bond motifs is 29. The average Bonchev–Trinajstić information content (AvgIpc) is 4.49. The lowest BCUT2D eigenvalue weighted by Crippen LogP contribution is -2.24. The molecule has 0 atom stereocenters. The van der Waals surface area contributed by atoms with Crippen molar-refractivity contribution in [1.82, 2.24) is 0 Å². The Hall–Kier alpha value is -8.60. The number of hydrogen-bond acceptors (Lipinski definition) is 4. The topological polar surface area (TPSA) is 52.6 Å². The van der Waals surface area contributed by atoms with E-state index in [1.807, 2.05) is 0 Å². The van der Waals surface area contributed by atoms with Crippen molar-refractivity contribution >= 4 is 87.8 Å². The van der Waals surface area contributed by atoms with Crippen LogP contribution in [-0.2, 0) is 21.7 Å². The Labute approximate surface area is 438 Å². The normalized spacial score (nSPS) is 16.6. The van der Waals surface area contributed by atoms with Gasteiger partial charge in [-0.3, -0.25) is 0 Å². The van der Waals surface area contributed by atoms with Gasteiger partial charge in [-0.25, -0.2) is 0 Å². The van der Waals surface area contributed by atoms with Gasteiger partial charge in [0.1, 0.15) is 44.7 Å². The number of hydrogen-bond donors (Lipinski definition) is 0. The fraction of sp³-hybridized carbons (Fsp3) is 0.167. The lowest BCUT2D eigenvalue weighted by molar-refractivity contribution is 0.600. The van der Waals surface area contributed by atoms with Crippen LogP contribution in [0.5, 0.6) is 0 Å². The molecule has 4 aliphatic carbocycles. The van der Waals surface area contributed by atoms with Crippen LogP contribution in [0.4, 0.5) is 0 Å². The molecular weight excluding hydrogens is 929 g/mol. The van der Waals surface area contributed by atoms with E-state index in [9.17, 15) is 0 Å². The van der Waals surface area contributed by atoms with Gasteiger partial charge in [0.15, 0.2) is 0 Å². The molecule has 4 heteroatoms. The second-order valence-electron chi connectivity index (χ2n) is 24.6. The van der Waals surface area contributed by atoms with Crippen LogP contribution in [0.15, 0.2) is 175 Å². The molecule has 0 fully saturated rings. The van der Waals surface area contributed by atoms with E-state index in [2.05, 4.69) is 213 Å². The molecule has 362 valence electrons. The first kappa shape index (κ1) is 41.7. The molecule has 18 rings (SSSR count). The minimum atomic E-state index is -0.341. The van der Waals surface area contributed by atoms with Crippen LogP contribution < -0.4 is 0 Å². The maximum absolute atomic E-state index is 7.28. The molecule has 0 N–H and O–H groups in total. The zero-order valence-electron chi connectivity index (χ0n) is 43.6. The first-order valence-corrected chi connectivity index (χ1v) is 27.0. The summed E-state index contributed by atoms with van der Waals surface area (Å²) in [5.74, 6) is 0. The molecule has 0 unspecified atom stereocenters. The molecule has 4 nitrogen and oxygen atoms in total. The fourth-order valence-electron chi connectivity index (χ4n) is 15.9. The molecule has 0 saturated carbocycles. The maximum atomic E-state index is 7.28.